The Morgan fingerprint density at radius 1 is 1.25 bits per heavy atom. The topological polar surface area (TPSA) is 117 Å². The molecule has 4 aromatic rings. The van der Waals surface area contributed by atoms with Gasteiger partial charge in [0.1, 0.15) is 11.0 Å². The summed E-state index contributed by atoms with van der Waals surface area (Å²) in [7, 11) is 0. The number of aromatic nitrogens is 5. The molecule has 1 aromatic carbocycles. The summed E-state index contributed by atoms with van der Waals surface area (Å²) < 4.78 is 13.2. The number of nitrogen functional groups attached to an aromatic ring is 1. The maximum absolute atomic E-state index is 6.31. The van der Waals surface area contributed by atoms with Crippen LogP contribution in [-0.4, -0.2) is 44.5 Å². The molecule has 1 aliphatic rings. The van der Waals surface area contributed by atoms with E-state index in [-0.39, 0.29) is 5.82 Å². The second-order valence-corrected chi connectivity index (χ2v) is 8.30. The van der Waals surface area contributed by atoms with Crippen LogP contribution in [0, 0.1) is 5.92 Å². The SMILES string of the molecule is CCn1c(-c2nonc2N)nc2c(-c3cccc(Cl)c3)ncc(OCC3CCNCC3)c21. The Morgan fingerprint density at radius 3 is 2.81 bits per heavy atom. The highest BCUT2D eigenvalue weighted by atomic mass is 35.5. The molecule has 4 heterocycles. The molecule has 0 radical (unpaired) electrons. The minimum atomic E-state index is 0.185. The van der Waals surface area contributed by atoms with Gasteiger partial charge in [-0.15, -0.1) is 0 Å². The van der Waals surface area contributed by atoms with Crippen LogP contribution in [0.4, 0.5) is 5.82 Å². The first-order valence-electron chi connectivity index (χ1n) is 10.7. The van der Waals surface area contributed by atoms with Gasteiger partial charge in [-0.1, -0.05) is 23.7 Å². The number of aryl methyl sites for hydroxylation is 1. The Labute approximate surface area is 189 Å². The van der Waals surface area contributed by atoms with Gasteiger partial charge in [0.15, 0.2) is 23.1 Å². The van der Waals surface area contributed by atoms with Crippen molar-refractivity contribution >= 4 is 28.5 Å². The maximum atomic E-state index is 6.31. The van der Waals surface area contributed by atoms with Crippen LogP contribution < -0.4 is 15.8 Å². The third kappa shape index (κ3) is 3.78. The van der Waals surface area contributed by atoms with Crippen LogP contribution in [0.2, 0.25) is 5.02 Å². The molecule has 166 valence electrons. The molecule has 0 unspecified atom stereocenters. The number of halogens is 1. The third-order valence-corrected chi connectivity index (χ3v) is 6.04. The van der Waals surface area contributed by atoms with Crippen molar-refractivity contribution in [3.63, 3.8) is 0 Å². The highest BCUT2D eigenvalue weighted by Gasteiger charge is 2.24. The fourth-order valence-electron chi connectivity index (χ4n) is 4.16. The largest absolute Gasteiger partial charge is 0.489 e. The summed E-state index contributed by atoms with van der Waals surface area (Å²) in [6.45, 7) is 5.33. The second kappa shape index (κ2) is 8.76. The minimum Gasteiger partial charge on any atom is -0.489 e. The second-order valence-electron chi connectivity index (χ2n) is 7.86. The molecule has 0 spiro atoms. The van der Waals surface area contributed by atoms with Crippen LogP contribution in [0.25, 0.3) is 33.8 Å². The van der Waals surface area contributed by atoms with E-state index in [2.05, 4.69) is 15.6 Å². The lowest BCUT2D eigenvalue weighted by molar-refractivity contribution is 0.216. The molecular formula is C22H24ClN7O2. The van der Waals surface area contributed by atoms with Crippen LogP contribution in [0.3, 0.4) is 0 Å². The third-order valence-electron chi connectivity index (χ3n) is 5.81. The zero-order valence-corrected chi connectivity index (χ0v) is 18.5. The summed E-state index contributed by atoms with van der Waals surface area (Å²) in [4.78, 5) is 9.59. The number of pyridine rings is 1. The first kappa shape index (κ1) is 20.7. The van der Waals surface area contributed by atoms with Gasteiger partial charge in [-0.05, 0) is 61.2 Å². The van der Waals surface area contributed by atoms with Crippen LogP contribution in [0.1, 0.15) is 19.8 Å². The number of hydrogen-bond acceptors (Lipinski definition) is 8. The average Bonchev–Trinajstić information content (AvgIpc) is 3.41. The summed E-state index contributed by atoms with van der Waals surface area (Å²) in [6, 6.07) is 7.55. The predicted molar refractivity (Wildman–Crippen MR) is 122 cm³/mol. The molecule has 5 rings (SSSR count). The number of anilines is 1. The van der Waals surface area contributed by atoms with Crippen molar-refractivity contribution in [3.8, 4) is 28.5 Å². The van der Waals surface area contributed by atoms with E-state index < -0.39 is 0 Å². The van der Waals surface area contributed by atoms with E-state index in [1.165, 1.54) is 0 Å². The Balaban J connectivity index is 1.66. The van der Waals surface area contributed by atoms with Crippen LogP contribution >= 0.6 is 11.6 Å². The number of imidazole rings is 1. The van der Waals surface area contributed by atoms with Gasteiger partial charge in [0.05, 0.1) is 18.5 Å². The summed E-state index contributed by atoms with van der Waals surface area (Å²) in [5.41, 5.74) is 9.48. The Morgan fingerprint density at radius 2 is 2.09 bits per heavy atom. The normalized spacial score (nSPS) is 14.8. The summed E-state index contributed by atoms with van der Waals surface area (Å²) >= 11 is 6.25. The molecular weight excluding hydrogens is 430 g/mol. The lowest BCUT2D eigenvalue weighted by Crippen LogP contribution is -2.30. The number of benzene rings is 1. The quantitative estimate of drug-likeness (QED) is 0.453. The van der Waals surface area contributed by atoms with Crippen LogP contribution in [-0.2, 0) is 6.54 Å². The molecule has 3 aromatic heterocycles. The van der Waals surface area contributed by atoms with Crippen molar-refractivity contribution in [2.45, 2.75) is 26.3 Å². The molecule has 0 atom stereocenters. The molecule has 10 heteroatoms. The number of fused-ring (bicyclic) bond motifs is 1. The molecule has 0 bridgehead atoms. The van der Waals surface area contributed by atoms with Crippen LogP contribution in [0.15, 0.2) is 35.1 Å². The first-order chi connectivity index (χ1) is 15.7. The van der Waals surface area contributed by atoms with Gasteiger partial charge in [0.25, 0.3) is 0 Å². The molecule has 0 saturated carbocycles. The van der Waals surface area contributed by atoms with Gasteiger partial charge in [0.2, 0.25) is 0 Å². The van der Waals surface area contributed by atoms with E-state index in [4.69, 9.17) is 36.7 Å². The van der Waals surface area contributed by atoms with Crippen molar-refractivity contribution in [3.05, 3.63) is 35.5 Å². The van der Waals surface area contributed by atoms with E-state index in [9.17, 15) is 0 Å². The zero-order valence-electron chi connectivity index (χ0n) is 17.7. The molecule has 32 heavy (non-hydrogen) atoms. The fraction of sp³-hybridized carbons (Fsp3) is 0.364. The number of nitrogens with two attached hydrogens (primary N) is 1. The van der Waals surface area contributed by atoms with Gasteiger partial charge in [-0.2, -0.15) is 0 Å². The Bertz CT molecular complexity index is 1250. The number of nitrogens with zero attached hydrogens (tertiary/aromatic N) is 5. The summed E-state index contributed by atoms with van der Waals surface area (Å²) in [5, 5.41) is 11.7. The maximum Gasteiger partial charge on any atom is 0.199 e. The molecule has 0 amide bonds. The number of piperidine rings is 1. The van der Waals surface area contributed by atoms with Gasteiger partial charge >= 0.3 is 0 Å². The van der Waals surface area contributed by atoms with Gasteiger partial charge in [0, 0.05) is 17.1 Å². The van der Waals surface area contributed by atoms with Gasteiger partial charge in [-0.3, -0.25) is 0 Å². The zero-order chi connectivity index (χ0) is 22.1. The fourth-order valence-corrected chi connectivity index (χ4v) is 4.35. The first-order valence-corrected chi connectivity index (χ1v) is 11.1. The number of hydrogen-bond donors (Lipinski definition) is 2. The lowest BCUT2D eigenvalue weighted by atomic mass is 9.99. The minimum absolute atomic E-state index is 0.185. The molecule has 3 N–H and O–H groups in total. The highest BCUT2D eigenvalue weighted by Crippen LogP contribution is 2.37. The van der Waals surface area contributed by atoms with E-state index in [1.54, 1.807) is 6.20 Å². The predicted octanol–water partition coefficient (Wildman–Crippen LogP) is 3.78. The molecule has 0 aliphatic carbocycles. The Hall–Kier alpha value is -3.17. The van der Waals surface area contributed by atoms with E-state index in [0.717, 1.165) is 37.0 Å². The van der Waals surface area contributed by atoms with Crippen LogP contribution in [0.5, 0.6) is 5.75 Å². The van der Waals surface area contributed by atoms with Crippen molar-refractivity contribution in [1.29, 1.82) is 0 Å². The van der Waals surface area contributed by atoms with E-state index in [1.807, 2.05) is 35.8 Å². The molecule has 1 aliphatic heterocycles. The number of ether oxygens (including phenoxy) is 1. The Kier molecular flexibility index (Phi) is 5.67. The standard InChI is InChI=1S/C22H24ClN7O2/c1-2-30-20-16(31-12-13-6-8-25-9-7-13)11-26-17(14-4-3-5-15(23)10-14)18(20)27-22(30)19-21(24)29-32-28-19/h3-5,10-11,13,25H,2,6-9,12H2,1H3,(H2,24,29). The smallest absolute Gasteiger partial charge is 0.199 e. The van der Waals surface area contributed by atoms with Crippen molar-refractivity contribution in [1.82, 2.24) is 30.2 Å². The van der Waals surface area contributed by atoms with Crippen molar-refractivity contribution < 1.29 is 9.37 Å². The molecule has 1 fully saturated rings. The average molecular weight is 454 g/mol. The van der Waals surface area contributed by atoms with E-state index in [0.29, 0.717) is 52.6 Å². The molecule has 9 nitrogen and oxygen atoms in total. The highest BCUT2D eigenvalue weighted by molar-refractivity contribution is 6.30. The van der Waals surface area contributed by atoms with Gasteiger partial charge < -0.3 is 20.4 Å². The summed E-state index contributed by atoms with van der Waals surface area (Å²) in [5.74, 6) is 1.93. The van der Waals surface area contributed by atoms with Crippen molar-refractivity contribution in [2.24, 2.45) is 5.92 Å². The number of nitrogens with one attached hydrogen (secondary N) is 1. The monoisotopic (exact) mass is 453 g/mol. The lowest BCUT2D eigenvalue weighted by Gasteiger charge is -2.23. The van der Waals surface area contributed by atoms with Gasteiger partial charge in [-0.25, -0.2) is 14.6 Å². The molecule has 1 saturated heterocycles. The summed E-state index contributed by atoms with van der Waals surface area (Å²) in [6.07, 6.45) is 3.95. The number of rotatable bonds is 6. The van der Waals surface area contributed by atoms with Crippen molar-refractivity contribution in [2.75, 3.05) is 25.4 Å². The van der Waals surface area contributed by atoms with E-state index >= 15 is 0 Å².